The quantitative estimate of drug-likeness (QED) is 0.780. The molecule has 6 nitrogen and oxygen atoms in total. The zero-order valence-electron chi connectivity index (χ0n) is 18.8. The topological polar surface area (TPSA) is 62.2 Å². The van der Waals surface area contributed by atoms with Crippen molar-refractivity contribution in [3.8, 4) is 11.5 Å². The molecule has 2 aromatic carbocycles. The second-order valence-corrected chi connectivity index (χ2v) is 9.30. The van der Waals surface area contributed by atoms with Gasteiger partial charge < -0.3 is 24.4 Å². The second kappa shape index (κ2) is 8.66. The van der Waals surface area contributed by atoms with E-state index in [1.54, 1.807) is 7.11 Å². The van der Waals surface area contributed by atoms with Crippen LogP contribution < -0.4 is 14.4 Å². The standard InChI is InChI=1S/C26H32N2O4/c1-31-23-10-9-22(21-16-26(32-25(21)23)11-5-6-12-26)27-13-14-28(24(30)18-29)20(17-27)15-19-7-3-2-4-8-19/h2-4,7-10,20,29H,5-6,11-18H2,1H3. The lowest BCUT2D eigenvalue weighted by Crippen LogP contribution is -2.57. The largest absolute Gasteiger partial charge is 0.493 e. The van der Waals surface area contributed by atoms with Crippen LogP contribution in [0.5, 0.6) is 11.5 Å². The summed E-state index contributed by atoms with van der Waals surface area (Å²) >= 11 is 0. The van der Waals surface area contributed by atoms with E-state index in [9.17, 15) is 9.90 Å². The number of carbonyl (C=O) groups is 1. The Morgan fingerprint density at radius 1 is 1.16 bits per heavy atom. The van der Waals surface area contributed by atoms with Crippen molar-refractivity contribution in [2.24, 2.45) is 0 Å². The summed E-state index contributed by atoms with van der Waals surface area (Å²) in [5, 5.41) is 9.52. The van der Waals surface area contributed by atoms with Gasteiger partial charge in [0.2, 0.25) is 5.91 Å². The summed E-state index contributed by atoms with van der Waals surface area (Å²) < 4.78 is 12.2. The van der Waals surface area contributed by atoms with E-state index in [4.69, 9.17) is 9.47 Å². The number of carbonyl (C=O) groups excluding carboxylic acids is 1. The molecule has 0 bridgehead atoms. The second-order valence-electron chi connectivity index (χ2n) is 9.30. The molecule has 1 saturated carbocycles. The summed E-state index contributed by atoms with van der Waals surface area (Å²) in [5.41, 5.74) is 3.55. The number of aliphatic hydroxyl groups excluding tert-OH is 1. The van der Waals surface area contributed by atoms with E-state index in [1.807, 2.05) is 29.2 Å². The Hall–Kier alpha value is -2.73. The fraction of sp³-hybridized carbons (Fsp3) is 0.500. The Labute approximate surface area is 189 Å². The highest BCUT2D eigenvalue weighted by atomic mass is 16.5. The Morgan fingerprint density at radius 3 is 2.66 bits per heavy atom. The lowest BCUT2D eigenvalue weighted by atomic mass is 9.93. The van der Waals surface area contributed by atoms with Gasteiger partial charge in [0.25, 0.3) is 0 Å². The highest BCUT2D eigenvalue weighted by Gasteiger charge is 2.45. The number of anilines is 1. The van der Waals surface area contributed by atoms with Crippen molar-refractivity contribution in [1.82, 2.24) is 4.90 Å². The molecule has 2 heterocycles. The van der Waals surface area contributed by atoms with Gasteiger partial charge in [-0.3, -0.25) is 4.79 Å². The van der Waals surface area contributed by atoms with E-state index in [2.05, 4.69) is 23.1 Å². The number of methoxy groups -OCH3 is 1. The molecular formula is C26H32N2O4. The summed E-state index contributed by atoms with van der Waals surface area (Å²) in [4.78, 5) is 16.7. The van der Waals surface area contributed by atoms with Crippen molar-refractivity contribution >= 4 is 11.6 Å². The minimum atomic E-state index is -0.445. The van der Waals surface area contributed by atoms with Crippen LogP contribution in [0.15, 0.2) is 42.5 Å². The molecule has 2 fully saturated rings. The molecule has 1 amide bonds. The summed E-state index contributed by atoms with van der Waals surface area (Å²) in [6.45, 7) is 1.62. The molecule has 3 aliphatic rings. The van der Waals surface area contributed by atoms with Gasteiger partial charge in [-0.2, -0.15) is 0 Å². The third kappa shape index (κ3) is 3.81. The highest BCUT2D eigenvalue weighted by molar-refractivity contribution is 5.78. The Kier molecular flexibility index (Phi) is 5.72. The lowest BCUT2D eigenvalue weighted by Gasteiger charge is -2.43. The third-order valence-electron chi connectivity index (χ3n) is 7.35. The summed E-state index contributed by atoms with van der Waals surface area (Å²) in [5.74, 6) is 1.52. The van der Waals surface area contributed by atoms with Crippen LogP contribution in [0.2, 0.25) is 0 Å². The van der Waals surface area contributed by atoms with Crippen molar-refractivity contribution < 1.29 is 19.4 Å². The van der Waals surface area contributed by atoms with Gasteiger partial charge in [-0.15, -0.1) is 0 Å². The first kappa shape index (κ1) is 21.1. The number of aliphatic hydroxyl groups is 1. The first-order valence-electron chi connectivity index (χ1n) is 11.7. The predicted molar refractivity (Wildman–Crippen MR) is 123 cm³/mol. The number of fused-ring (bicyclic) bond motifs is 1. The minimum Gasteiger partial charge on any atom is -0.493 e. The monoisotopic (exact) mass is 436 g/mol. The lowest BCUT2D eigenvalue weighted by molar-refractivity contribution is -0.136. The molecule has 2 aromatic rings. The van der Waals surface area contributed by atoms with E-state index in [0.29, 0.717) is 6.54 Å². The molecule has 5 rings (SSSR count). The Balaban J connectivity index is 1.44. The molecule has 1 saturated heterocycles. The maximum Gasteiger partial charge on any atom is 0.248 e. The van der Waals surface area contributed by atoms with Crippen molar-refractivity contribution in [2.45, 2.75) is 50.2 Å². The Bertz CT molecular complexity index is 971. The molecule has 0 radical (unpaired) electrons. The number of rotatable bonds is 5. The average Bonchev–Trinajstić information content (AvgIpc) is 3.44. The number of piperazine rings is 1. The van der Waals surface area contributed by atoms with Gasteiger partial charge in [-0.1, -0.05) is 30.3 Å². The van der Waals surface area contributed by atoms with Crippen LogP contribution in [0.4, 0.5) is 5.69 Å². The van der Waals surface area contributed by atoms with Crippen molar-refractivity contribution in [1.29, 1.82) is 0 Å². The predicted octanol–water partition coefficient (Wildman–Crippen LogP) is 3.20. The van der Waals surface area contributed by atoms with Crippen LogP contribution in [0.25, 0.3) is 0 Å². The SMILES string of the molecule is COc1ccc(N2CCN(C(=O)CO)C(Cc3ccccc3)C2)c2c1OC1(CCCC1)C2. The molecule has 0 aromatic heterocycles. The smallest absolute Gasteiger partial charge is 0.248 e. The van der Waals surface area contributed by atoms with Crippen molar-refractivity contribution in [3.63, 3.8) is 0 Å². The number of benzene rings is 2. The van der Waals surface area contributed by atoms with Gasteiger partial charge in [0.05, 0.1) is 13.2 Å². The molecule has 1 unspecified atom stereocenters. The van der Waals surface area contributed by atoms with Gasteiger partial charge in [-0.05, 0) is 49.8 Å². The van der Waals surface area contributed by atoms with Crippen molar-refractivity contribution in [2.75, 3.05) is 38.3 Å². The van der Waals surface area contributed by atoms with E-state index in [1.165, 1.54) is 29.7 Å². The van der Waals surface area contributed by atoms with Crippen LogP contribution >= 0.6 is 0 Å². The number of hydrogen-bond acceptors (Lipinski definition) is 5. The van der Waals surface area contributed by atoms with Gasteiger partial charge in [0, 0.05) is 37.3 Å². The summed E-state index contributed by atoms with van der Waals surface area (Å²) in [7, 11) is 1.70. The third-order valence-corrected chi connectivity index (χ3v) is 7.35. The molecule has 1 spiro atoms. The van der Waals surface area contributed by atoms with E-state index in [0.717, 1.165) is 50.3 Å². The number of amides is 1. The summed E-state index contributed by atoms with van der Waals surface area (Å²) in [6.07, 6.45) is 6.31. The van der Waals surface area contributed by atoms with E-state index >= 15 is 0 Å². The minimum absolute atomic E-state index is 0.00585. The van der Waals surface area contributed by atoms with Crippen LogP contribution in [0.3, 0.4) is 0 Å². The molecule has 170 valence electrons. The highest BCUT2D eigenvalue weighted by Crippen LogP contribution is 2.51. The zero-order chi connectivity index (χ0) is 22.1. The number of nitrogens with zero attached hydrogens (tertiary/aromatic N) is 2. The molecule has 1 N–H and O–H groups in total. The first-order valence-corrected chi connectivity index (χ1v) is 11.7. The maximum atomic E-state index is 12.5. The Morgan fingerprint density at radius 2 is 1.94 bits per heavy atom. The number of hydrogen-bond donors (Lipinski definition) is 1. The molecule has 32 heavy (non-hydrogen) atoms. The normalized spacial score (nSPS) is 21.5. The molecular weight excluding hydrogens is 404 g/mol. The van der Waals surface area contributed by atoms with Crippen LogP contribution in [0.1, 0.15) is 36.8 Å². The van der Waals surface area contributed by atoms with Crippen LogP contribution in [-0.2, 0) is 17.6 Å². The molecule has 6 heteroatoms. The number of ether oxygens (including phenoxy) is 2. The van der Waals surface area contributed by atoms with Crippen LogP contribution in [0, 0.1) is 0 Å². The van der Waals surface area contributed by atoms with Gasteiger partial charge in [-0.25, -0.2) is 0 Å². The maximum absolute atomic E-state index is 12.5. The van der Waals surface area contributed by atoms with E-state index < -0.39 is 6.61 Å². The fourth-order valence-corrected chi connectivity index (χ4v) is 5.76. The molecule has 1 aliphatic carbocycles. The molecule has 1 atom stereocenters. The first-order chi connectivity index (χ1) is 15.6. The average molecular weight is 437 g/mol. The molecule has 2 aliphatic heterocycles. The van der Waals surface area contributed by atoms with Crippen LogP contribution in [-0.4, -0.2) is 60.9 Å². The zero-order valence-corrected chi connectivity index (χ0v) is 18.8. The van der Waals surface area contributed by atoms with Gasteiger partial charge >= 0.3 is 0 Å². The van der Waals surface area contributed by atoms with Crippen molar-refractivity contribution in [3.05, 3.63) is 53.6 Å². The van der Waals surface area contributed by atoms with Gasteiger partial charge in [0.1, 0.15) is 12.2 Å². The van der Waals surface area contributed by atoms with E-state index in [-0.39, 0.29) is 17.6 Å². The fourth-order valence-electron chi connectivity index (χ4n) is 5.76. The summed E-state index contributed by atoms with van der Waals surface area (Å²) in [6, 6.07) is 14.4. The van der Waals surface area contributed by atoms with Gasteiger partial charge in [0.15, 0.2) is 11.5 Å².